The first-order chi connectivity index (χ1) is 13.6. The number of allylic oxidation sites excluding steroid dienone is 1. The minimum atomic E-state index is 0.670. The van der Waals surface area contributed by atoms with Crippen molar-refractivity contribution in [1.29, 1.82) is 0 Å². The van der Waals surface area contributed by atoms with Crippen molar-refractivity contribution >= 4 is 17.7 Å². The predicted octanol–water partition coefficient (Wildman–Crippen LogP) is 5.64. The van der Waals surface area contributed by atoms with Crippen LogP contribution >= 0.6 is 0 Å². The van der Waals surface area contributed by atoms with Gasteiger partial charge in [0.1, 0.15) is 5.75 Å². The summed E-state index contributed by atoms with van der Waals surface area (Å²) in [6.07, 6.45) is 9.47. The topological polar surface area (TPSA) is 50.8 Å². The Balaban J connectivity index is 1.61. The van der Waals surface area contributed by atoms with E-state index in [4.69, 9.17) is 4.74 Å². The molecular weight excluding hydrogens is 346 g/mol. The van der Waals surface area contributed by atoms with Gasteiger partial charge in [-0.2, -0.15) is 5.10 Å². The van der Waals surface area contributed by atoms with Gasteiger partial charge >= 0.3 is 0 Å². The van der Waals surface area contributed by atoms with Gasteiger partial charge in [0, 0.05) is 17.5 Å². The van der Waals surface area contributed by atoms with E-state index < -0.39 is 0 Å². The molecule has 3 rings (SSSR count). The van der Waals surface area contributed by atoms with Crippen LogP contribution in [0.1, 0.15) is 47.0 Å². The first kappa shape index (κ1) is 19.6. The van der Waals surface area contributed by atoms with Crippen molar-refractivity contribution in [3.8, 4) is 5.75 Å². The van der Waals surface area contributed by atoms with Crippen LogP contribution in [-0.2, 0) is 6.42 Å². The molecule has 2 heterocycles. The number of hydrogen-bond acceptors (Lipinski definition) is 3. The summed E-state index contributed by atoms with van der Waals surface area (Å²) in [5, 5.41) is 7.25. The van der Waals surface area contributed by atoms with E-state index in [-0.39, 0.29) is 0 Å². The number of hydrogen-bond donors (Lipinski definition) is 1. The Morgan fingerprint density at radius 2 is 1.96 bits per heavy atom. The van der Waals surface area contributed by atoms with Crippen LogP contribution in [0.4, 0.5) is 0 Å². The fraction of sp³-hybridized carbons (Fsp3) is 0.250. The summed E-state index contributed by atoms with van der Waals surface area (Å²) < 4.78 is 5.92. The molecule has 0 saturated heterocycles. The van der Waals surface area contributed by atoms with Crippen LogP contribution in [0.5, 0.6) is 5.75 Å². The van der Waals surface area contributed by atoms with Gasteiger partial charge in [0.15, 0.2) is 0 Å². The van der Waals surface area contributed by atoms with Crippen molar-refractivity contribution in [1.82, 2.24) is 15.2 Å². The largest absolute Gasteiger partial charge is 0.492 e. The third-order valence-electron chi connectivity index (χ3n) is 4.75. The zero-order chi connectivity index (χ0) is 19.9. The molecule has 0 aliphatic rings. The Bertz CT molecular complexity index is 968. The maximum Gasteiger partial charge on any atom is 0.138 e. The maximum atomic E-state index is 5.92. The van der Waals surface area contributed by atoms with E-state index in [0.29, 0.717) is 6.61 Å². The molecule has 0 aliphatic carbocycles. The fourth-order valence-electron chi connectivity index (χ4n) is 3.03. The van der Waals surface area contributed by atoms with Crippen molar-refractivity contribution in [2.45, 2.75) is 33.6 Å². The van der Waals surface area contributed by atoms with Gasteiger partial charge in [-0.25, -0.2) is 0 Å². The van der Waals surface area contributed by atoms with E-state index >= 15 is 0 Å². The Kier molecular flexibility index (Phi) is 6.43. The van der Waals surface area contributed by atoms with Crippen LogP contribution in [0.15, 0.2) is 49.3 Å². The Labute approximate surface area is 167 Å². The van der Waals surface area contributed by atoms with Crippen LogP contribution < -0.4 is 4.74 Å². The Morgan fingerprint density at radius 3 is 2.71 bits per heavy atom. The number of H-pyrrole nitrogens is 1. The quantitative estimate of drug-likeness (QED) is 0.520. The lowest BCUT2D eigenvalue weighted by atomic mass is 10.0. The van der Waals surface area contributed by atoms with E-state index in [2.05, 4.69) is 65.9 Å². The first-order valence-corrected chi connectivity index (χ1v) is 9.56. The van der Waals surface area contributed by atoms with Gasteiger partial charge in [0.05, 0.1) is 18.5 Å². The van der Waals surface area contributed by atoms with Gasteiger partial charge in [-0.15, -0.1) is 0 Å². The monoisotopic (exact) mass is 373 g/mol. The van der Waals surface area contributed by atoms with Crippen LogP contribution in [0.2, 0.25) is 0 Å². The summed E-state index contributed by atoms with van der Waals surface area (Å²) >= 11 is 0. The maximum absolute atomic E-state index is 5.92. The number of nitrogens with one attached hydrogen (secondary N) is 1. The molecule has 0 amide bonds. The summed E-state index contributed by atoms with van der Waals surface area (Å²) in [6, 6.07) is 10.7. The zero-order valence-electron chi connectivity index (χ0n) is 16.8. The van der Waals surface area contributed by atoms with E-state index in [0.717, 1.165) is 46.7 Å². The summed E-state index contributed by atoms with van der Waals surface area (Å²) in [7, 11) is 0. The third kappa shape index (κ3) is 4.97. The van der Waals surface area contributed by atoms with Gasteiger partial charge < -0.3 is 4.74 Å². The summed E-state index contributed by atoms with van der Waals surface area (Å²) in [5.74, 6) is 0.794. The first-order valence-electron chi connectivity index (χ1n) is 9.56. The lowest BCUT2D eigenvalue weighted by molar-refractivity contribution is 0.310. The Morgan fingerprint density at radius 1 is 1.18 bits per heavy atom. The van der Waals surface area contributed by atoms with Gasteiger partial charge in [0.25, 0.3) is 0 Å². The minimum absolute atomic E-state index is 0.670. The zero-order valence-corrected chi connectivity index (χ0v) is 16.8. The molecule has 28 heavy (non-hydrogen) atoms. The molecule has 1 N–H and O–H groups in total. The second-order valence-electron chi connectivity index (χ2n) is 7.03. The van der Waals surface area contributed by atoms with Crippen LogP contribution in [0.25, 0.3) is 17.7 Å². The fourth-order valence-corrected chi connectivity index (χ4v) is 3.03. The average molecular weight is 374 g/mol. The minimum Gasteiger partial charge on any atom is -0.492 e. The average Bonchev–Trinajstić information content (AvgIpc) is 3.06. The number of rotatable bonds is 8. The third-order valence-corrected chi connectivity index (χ3v) is 4.75. The molecule has 144 valence electrons. The number of nitrogens with zero attached hydrogens (tertiary/aromatic N) is 2. The summed E-state index contributed by atoms with van der Waals surface area (Å²) in [4.78, 5) is 4.34. The molecular formula is C24H27N3O. The van der Waals surface area contributed by atoms with E-state index in [1.165, 1.54) is 11.1 Å². The number of pyridine rings is 1. The van der Waals surface area contributed by atoms with Crippen molar-refractivity contribution in [2.24, 2.45) is 0 Å². The van der Waals surface area contributed by atoms with Crippen LogP contribution in [0.3, 0.4) is 0 Å². The van der Waals surface area contributed by atoms with E-state index in [1.54, 1.807) is 12.3 Å². The molecule has 0 saturated carbocycles. The standard InChI is InChI=1S/C24H27N3O/c1-5-24-23(19(4)26-27-24)13-18(3)21-14-22(16-25-15-21)28-12-6-7-20-10-8-17(2)9-11-20/h5,8-11,13-16H,1,6-7,12H2,2-4H3,(H,26,27)/b18-13+. The van der Waals surface area contributed by atoms with Crippen molar-refractivity contribution in [3.05, 3.63) is 82.9 Å². The van der Waals surface area contributed by atoms with Gasteiger partial charge in [-0.1, -0.05) is 36.4 Å². The summed E-state index contributed by atoms with van der Waals surface area (Å²) in [5.41, 5.74) is 7.69. The van der Waals surface area contributed by atoms with Crippen LogP contribution in [0, 0.1) is 13.8 Å². The molecule has 0 atom stereocenters. The molecule has 0 spiro atoms. The molecule has 4 nitrogen and oxygen atoms in total. The Hall–Kier alpha value is -3.14. The molecule has 0 unspecified atom stereocenters. The highest BCUT2D eigenvalue weighted by Gasteiger charge is 2.07. The number of aryl methyl sites for hydroxylation is 3. The normalized spacial score (nSPS) is 11.5. The van der Waals surface area contributed by atoms with Gasteiger partial charge in [0.2, 0.25) is 0 Å². The predicted molar refractivity (Wildman–Crippen MR) is 116 cm³/mol. The number of aromatic amines is 1. The molecule has 4 heteroatoms. The van der Waals surface area contributed by atoms with E-state index in [9.17, 15) is 0 Å². The number of aromatic nitrogens is 3. The van der Waals surface area contributed by atoms with Crippen molar-refractivity contribution in [3.63, 3.8) is 0 Å². The smallest absolute Gasteiger partial charge is 0.138 e. The van der Waals surface area contributed by atoms with Gasteiger partial charge in [-0.3, -0.25) is 10.1 Å². The highest BCUT2D eigenvalue weighted by atomic mass is 16.5. The highest BCUT2D eigenvalue weighted by molar-refractivity contribution is 5.83. The number of ether oxygens (including phenoxy) is 1. The lowest BCUT2D eigenvalue weighted by Gasteiger charge is -2.08. The molecule has 0 aliphatic heterocycles. The molecule has 0 radical (unpaired) electrons. The molecule has 3 aromatic rings. The van der Waals surface area contributed by atoms with Crippen molar-refractivity contribution in [2.75, 3.05) is 6.61 Å². The highest BCUT2D eigenvalue weighted by Crippen LogP contribution is 2.23. The lowest BCUT2D eigenvalue weighted by Crippen LogP contribution is -2.00. The number of benzene rings is 1. The molecule has 0 fully saturated rings. The van der Waals surface area contributed by atoms with Crippen molar-refractivity contribution < 1.29 is 4.74 Å². The summed E-state index contributed by atoms with van der Waals surface area (Å²) in [6.45, 7) is 10.7. The van der Waals surface area contributed by atoms with Gasteiger partial charge in [-0.05, 0) is 68.5 Å². The molecule has 0 bridgehead atoms. The molecule has 2 aromatic heterocycles. The second kappa shape index (κ2) is 9.18. The second-order valence-corrected chi connectivity index (χ2v) is 7.03. The van der Waals surface area contributed by atoms with E-state index in [1.807, 2.05) is 19.2 Å². The van der Waals surface area contributed by atoms with Crippen LogP contribution in [-0.4, -0.2) is 21.8 Å². The molecule has 1 aromatic carbocycles. The SMILES string of the molecule is C=Cc1n[nH]c(C)c1/C=C(\C)c1cncc(OCCCc2ccc(C)cc2)c1.